The molecule has 2 N–H and O–H groups in total. The minimum absolute atomic E-state index is 0.128. The quantitative estimate of drug-likeness (QED) is 0.317. The molecule has 0 rings (SSSR count). The zero-order chi connectivity index (χ0) is 9.56. The van der Waals surface area contributed by atoms with E-state index in [-0.39, 0.29) is 11.6 Å². The van der Waals surface area contributed by atoms with Crippen LogP contribution in [-0.2, 0) is 0 Å². The maximum Gasteiger partial charge on any atom is 0.246 e. The molecule has 68 valence electrons. The maximum absolute atomic E-state index is 10.3. The predicted molar refractivity (Wildman–Crippen MR) is 48.4 cm³/mol. The molecular formula is C7H11ClN2O2. The SMILES string of the molecule is CC/C(=C\C=C(\N)CCl)[N+](=O)[O-]. The van der Waals surface area contributed by atoms with Crippen LogP contribution in [0.3, 0.4) is 0 Å². The molecule has 0 atom stereocenters. The van der Waals surface area contributed by atoms with E-state index in [0.29, 0.717) is 12.1 Å². The van der Waals surface area contributed by atoms with Gasteiger partial charge in [0.1, 0.15) is 0 Å². The molecule has 0 aliphatic rings. The van der Waals surface area contributed by atoms with Crippen LogP contribution in [0.2, 0.25) is 0 Å². The summed E-state index contributed by atoms with van der Waals surface area (Å²) in [5.74, 6) is 0.186. The Labute approximate surface area is 75.8 Å². The third kappa shape index (κ3) is 3.98. The van der Waals surface area contributed by atoms with E-state index in [1.165, 1.54) is 12.2 Å². The lowest BCUT2D eigenvalue weighted by atomic mass is 10.3. The van der Waals surface area contributed by atoms with Gasteiger partial charge in [-0.15, -0.1) is 11.6 Å². The molecule has 0 unspecified atom stereocenters. The Bertz CT molecular complexity index is 223. The van der Waals surface area contributed by atoms with Gasteiger partial charge >= 0.3 is 0 Å². The number of allylic oxidation sites excluding steroid dienone is 4. The van der Waals surface area contributed by atoms with Gasteiger partial charge < -0.3 is 5.73 Å². The Kier molecular flexibility index (Phi) is 5.12. The monoisotopic (exact) mass is 190 g/mol. The largest absolute Gasteiger partial charge is 0.401 e. The smallest absolute Gasteiger partial charge is 0.246 e. The van der Waals surface area contributed by atoms with Crippen LogP contribution in [0, 0.1) is 10.1 Å². The second-order valence-electron chi connectivity index (χ2n) is 2.14. The molecule has 0 bridgehead atoms. The highest BCUT2D eigenvalue weighted by molar-refractivity contribution is 6.19. The van der Waals surface area contributed by atoms with Crippen molar-refractivity contribution in [3.05, 3.63) is 33.7 Å². The summed E-state index contributed by atoms with van der Waals surface area (Å²) >= 11 is 5.37. The highest BCUT2D eigenvalue weighted by Gasteiger charge is 2.04. The van der Waals surface area contributed by atoms with Crippen molar-refractivity contribution in [3.8, 4) is 0 Å². The molecule has 4 nitrogen and oxygen atoms in total. The first kappa shape index (κ1) is 11.0. The molecule has 0 aromatic heterocycles. The van der Waals surface area contributed by atoms with Gasteiger partial charge in [-0.3, -0.25) is 10.1 Å². The summed E-state index contributed by atoms with van der Waals surface area (Å²) in [4.78, 5) is 9.83. The fourth-order valence-electron chi connectivity index (χ4n) is 0.556. The number of hydrogen-bond donors (Lipinski definition) is 1. The van der Waals surface area contributed by atoms with Gasteiger partial charge in [-0.25, -0.2) is 0 Å². The fraction of sp³-hybridized carbons (Fsp3) is 0.429. The molecule has 5 heteroatoms. The molecule has 0 saturated carbocycles. The Morgan fingerprint density at radius 1 is 1.67 bits per heavy atom. The molecular weight excluding hydrogens is 180 g/mol. The Hall–Kier alpha value is -1.03. The van der Waals surface area contributed by atoms with Gasteiger partial charge in [0.2, 0.25) is 5.70 Å². The second-order valence-corrected chi connectivity index (χ2v) is 2.41. The van der Waals surface area contributed by atoms with Gasteiger partial charge in [-0.1, -0.05) is 6.92 Å². The molecule has 0 aromatic rings. The molecule has 0 spiro atoms. The van der Waals surface area contributed by atoms with Gasteiger partial charge in [-0.05, 0) is 6.08 Å². The average Bonchev–Trinajstić information content (AvgIpc) is 2.04. The van der Waals surface area contributed by atoms with Crippen LogP contribution in [0.4, 0.5) is 0 Å². The summed E-state index contributed by atoms with van der Waals surface area (Å²) < 4.78 is 0. The van der Waals surface area contributed by atoms with E-state index in [4.69, 9.17) is 17.3 Å². The number of nitrogens with zero attached hydrogens (tertiary/aromatic N) is 1. The molecule has 0 saturated heterocycles. The first-order valence-corrected chi connectivity index (χ1v) is 4.00. The van der Waals surface area contributed by atoms with Gasteiger partial charge in [-0.2, -0.15) is 0 Å². The number of halogens is 1. The third-order valence-electron chi connectivity index (χ3n) is 1.24. The molecule has 12 heavy (non-hydrogen) atoms. The lowest BCUT2D eigenvalue weighted by Gasteiger charge is -1.92. The van der Waals surface area contributed by atoms with E-state index < -0.39 is 4.92 Å². The average molecular weight is 191 g/mol. The van der Waals surface area contributed by atoms with Gasteiger partial charge in [0.05, 0.1) is 10.8 Å². The van der Waals surface area contributed by atoms with E-state index in [9.17, 15) is 10.1 Å². The first-order valence-electron chi connectivity index (χ1n) is 3.47. The highest BCUT2D eigenvalue weighted by atomic mass is 35.5. The lowest BCUT2D eigenvalue weighted by molar-refractivity contribution is -0.427. The predicted octanol–water partition coefficient (Wildman–Crippen LogP) is 1.64. The standard InChI is InChI=1S/C7H11ClN2O2/c1-2-7(10(11)12)4-3-6(9)5-8/h3-4H,2,5,9H2,1H3/b6-3+,7-4+. The van der Waals surface area contributed by atoms with Crippen molar-refractivity contribution >= 4 is 11.6 Å². The normalized spacial score (nSPS) is 13.2. The van der Waals surface area contributed by atoms with Crippen molar-refractivity contribution in [1.82, 2.24) is 0 Å². The van der Waals surface area contributed by atoms with Crippen molar-refractivity contribution < 1.29 is 4.92 Å². The van der Waals surface area contributed by atoms with Crippen molar-refractivity contribution in [3.63, 3.8) is 0 Å². The molecule has 0 radical (unpaired) electrons. The molecule has 0 amide bonds. The summed E-state index contributed by atoms with van der Waals surface area (Å²) in [6.07, 6.45) is 3.20. The molecule has 0 aliphatic carbocycles. The molecule has 0 aliphatic heterocycles. The van der Waals surface area contributed by atoms with Crippen LogP contribution in [0.15, 0.2) is 23.5 Å². The molecule has 0 heterocycles. The summed E-state index contributed by atoms with van der Waals surface area (Å²) in [7, 11) is 0. The van der Waals surface area contributed by atoms with E-state index >= 15 is 0 Å². The summed E-state index contributed by atoms with van der Waals surface area (Å²) in [5.41, 5.74) is 5.89. The van der Waals surface area contributed by atoms with Crippen LogP contribution < -0.4 is 5.73 Å². The minimum atomic E-state index is -0.433. The summed E-state index contributed by atoms with van der Waals surface area (Å²) in [5, 5.41) is 10.3. The topological polar surface area (TPSA) is 69.2 Å². The fourth-order valence-corrected chi connectivity index (χ4v) is 0.645. The van der Waals surface area contributed by atoms with Crippen molar-refractivity contribution in [1.29, 1.82) is 0 Å². The van der Waals surface area contributed by atoms with Crippen LogP contribution in [0.1, 0.15) is 13.3 Å². The molecule has 0 fully saturated rings. The highest BCUT2D eigenvalue weighted by Crippen LogP contribution is 2.02. The van der Waals surface area contributed by atoms with Crippen LogP contribution in [0.25, 0.3) is 0 Å². The van der Waals surface area contributed by atoms with Gasteiger partial charge in [0, 0.05) is 18.2 Å². The minimum Gasteiger partial charge on any atom is -0.401 e. The van der Waals surface area contributed by atoms with E-state index in [0.717, 1.165) is 0 Å². The third-order valence-corrected chi connectivity index (χ3v) is 1.55. The van der Waals surface area contributed by atoms with Gasteiger partial charge in [0.15, 0.2) is 0 Å². The number of alkyl halides is 1. The number of rotatable bonds is 4. The van der Waals surface area contributed by atoms with Gasteiger partial charge in [0.25, 0.3) is 0 Å². The van der Waals surface area contributed by atoms with E-state index in [1.54, 1.807) is 6.92 Å². The lowest BCUT2D eigenvalue weighted by Crippen LogP contribution is -1.99. The molecule has 0 aromatic carbocycles. The Balaban J connectivity index is 4.40. The van der Waals surface area contributed by atoms with E-state index in [2.05, 4.69) is 0 Å². The van der Waals surface area contributed by atoms with Crippen LogP contribution in [-0.4, -0.2) is 10.8 Å². The Morgan fingerprint density at radius 2 is 2.25 bits per heavy atom. The van der Waals surface area contributed by atoms with Crippen molar-refractivity contribution in [2.24, 2.45) is 5.73 Å². The van der Waals surface area contributed by atoms with Crippen molar-refractivity contribution in [2.45, 2.75) is 13.3 Å². The summed E-state index contributed by atoms with van der Waals surface area (Å²) in [6.45, 7) is 1.71. The second kappa shape index (κ2) is 5.60. The van der Waals surface area contributed by atoms with Crippen molar-refractivity contribution in [2.75, 3.05) is 5.88 Å². The number of nitrogens with two attached hydrogens (primary N) is 1. The van der Waals surface area contributed by atoms with Crippen LogP contribution >= 0.6 is 11.6 Å². The first-order chi connectivity index (χ1) is 5.61. The zero-order valence-corrected chi connectivity index (χ0v) is 7.54. The van der Waals surface area contributed by atoms with Crippen LogP contribution in [0.5, 0.6) is 0 Å². The summed E-state index contributed by atoms with van der Waals surface area (Å²) in [6, 6.07) is 0. The number of nitro groups is 1. The number of hydrogen-bond acceptors (Lipinski definition) is 3. The zero-order valence-electron chi connectivity index (χ0n) is 6.79. The van der Waals surface area contributed by atoms with E-state index in [1.807, 2.05) is 0 Å². The maximum atomic E-state index is 10.3. The Morgan fingerprint density at radius 3 is 2.58 bits per heavy atom.